The van der Waals surface area contributed by atoms with Gasteiger partial charge in [-0.05, 0) is 17.7 Å². The first-order valence-electron chi connectivity index (χ1n) is 4.64. The van der Waals surface area contributed by atoms with E-state index in [1.165, 1.54) is 12.1 Å². The Morgan fingerprint density at radius 1 is 1.47 bits per heavy atom. The molecule has 0 saturated heterocycles. The van der Waals surface area contributed by atoms with Crippen molar-refractivity contribution in [3.63, 3.8) is 0 Å². The molecule has 0 fully saturated rings. The van der Waals surface area contributed by atoms with Gasteiger partial charge in [0.2, 0.25) is 0 Å². The normalized spacial score (nSPS) is 12.6. The average Bonchev–Trinajstić information content (AvgIpc) is 2.70. The van der Waals surface area contributed by atoms with Crippen molar-refractivity contribution >= 4 is 0 Å². The van der Waals surface area contributed by atoms with E-state index in [1.54, 1.807) is 35.4 Å². The molecule has 0 bridgehead atoms. The number of halogens is 1. The van der Waals surface area contributed by atoms with Gasteiger partial charge in [0.25, 0.3) is 0 Å². The maximum Gasteiger partial charge on any atom is 0.143 e. The van der Waals surface area contributed by atoms with E-state index >= 15 is 0 Å². The highest BCUT2D eigenvalue weighted by Gasteiger charge is 2.10. The molecule has 1 unspecified atom stereocenters. The largest absolute Gasteiger partial charge is 0.508 e. The number of nitrogens with zero attached hydrogens (tertiary/aromatic N) is 2. The maximum absolute atomic E-state index is 13.7. The number of imidazole rings is 1. The summed E-state index contributed by atoms with van der Waals surface area (Å²) in [5.74, 6) is 0.0841. The summed E-state index contributed by atoms with van der Waals surface area (Å²) in [6.45, 7) is 0.212. The van der Waals surface area contributed by atoms with Crippen molar-refractivity contribution in [2.24, 2.45) is 0 Å². The molecule has 15 heavy (non-hydrogen) atoms. The summed E-state index contributed by atoms with van der Waals surface area (Å²) in [6, 6.07) is 6.24. The number of hydrogen-bond donors (Lipinski definition) is 1. The first-order chi connectivity index (χ1) is 7.25. The Morgan fingerprint density at radius 2 is 2.33 bits per heavy atom. The topological polar surface area (TPSA) is 38.0 Å². The van der Waals surface area contributed by atoms with Crippen molar-refractivity contribution in [2.75, 3.05) is 0 Å². The molecule has 0 amide bonds. The highest BCUT2D eigenvalue weighted by atomic mass is 19.1. The summed E-state index contributed by atoms with van der Waals surface area (Å²) in [5.41, 5.74) is 0.476. The van der Waals surface area contributed by atoms with E-state index in [1.807, 2.05) is 0 Å². The molecule has 1 aromatic heterocycles. The van der Waals surface area contributed by atoms with Crippen LogP contribution in [-0.2, 0) is 6.54 Å². The molecule has 1 heterocycles. The van der Waals surface area contributed by atoms with Crippen LogP contribution in [0.15, 0.2) is 43.0 Å². The van der Waals surface area contributed by atoms with Gasteiger partial charge in [0.05, 0.1) is 12.9 Å². The summed E-state index contributed by atoms with van der Waals surface area (Å²) >= 11 is 0. The second-order valence-corrected chi connectivity index (χ2v) is 3.32. The molecular weight excluding hydrogens is 195 g/mol. The molecule has 3 nitrogen and oxygen atoms in total. The predicted molar refractivity (Wildman–Crippen MR) is 54.2 cm³/mol. The van der Waals surface area contributed by atoms with Gasteiger partial charge in [0, 0.05) is 12.4 Å². The van der Waals surface area contributed by atoms with E-state index in [4.69, 9.17) is 0 Å². The molecule has 0 saturated carbocycles. The van der Waals surface area contributed by atoms with Crippen molar-refractivity contribution in [1.82, 2.24) is 9.55 Å². The van der Waals surface area contributed by atoms with Crippen LogP contribution in [0.4, 0.5) is 4.39 Å². The number of phenolic OH excluding ortho intramolecular Hbond substituents is 1. The maximum atomic E-state index is 13.7. The minimum atomic E-state index is -1.13. The first-order valence-corrected chi connectivity index (χ1v) is 4.64. The van der Waals surface area contributed by atoms with Crippen molar-refractivity contribution in [2.45, 2.75) is 12.7 Å². The van der Waals surface area contributed by atoms with E-state index in [-0.39, 0.29) is 12.3 Å². The molecular formula is C11H11FN2O. The number of rotatable bonds is 3. The van der Waals surface area contributed by atoms with Gasteiger partial charge < -0.3 is 9.67 Å². The van der Waals surface area contributed by atoms with Gasteiger partial charge in [0.15, 0.2) is 0 Å². The van der Waals surface area contributed by atoms with Crippen molar-refractivity contribution < 1.29 is 9.50 Å². The Labute approximate surface area is 86.8 Å². The fourth-order valence-corrected chi connectivity index (χ4v) is 1.40. The third-order valence-electron chi connectivity index (χ3n) is 2.16. The Balaban J connectivity index is 2.11. The molecule has 78 valence electrons. The van der Waals surface area contributed by atoms with E-state index in [2.05, 4.69) is 4.98 Å². The Hall–Kier alpha value is -1.84. The Morgan fingerprint density at radius 3 is 3.00 bits per heavy atom. The van der Waals surface area contributed by atoms with E-state index < -0.39 is 6.17 Å². The van der Waals surface area contributed by atoms with Crippen molar-refractivity contribution in [3.05, 3.63) is 48.5 Å². The number of hydrogen-bond acceptors (Lipinski definition) is 2. The summed E-state index contributed by atoms with van der Waals surface area (Å²) < 4.78 is 15.4. The Bertz CT molecular complexity index is 428. The molecule has 1 aromatic carbocycles. The van der Waals surface area contributed by atoms with Crippen LogP contribution in [-0.4, -0.2) is 14.7 Å². The predicted octanol–water partition coefficient (Wildman–Crippen LogP) is 2.30. The van der Waals surface area contributed by atoms with Crippen LogP contribution in [0.1, 0.15) is 11.7 Å². The van der Waals surface area contributed by atoms with Crippen LogP contribution in [0.25, 0.3) is 0 Å². The van der Waals surface area contributed by atoms with Crippen LogP contribution in [0.2, 0.25) is 0 Å². The lowest BCUT2D eigenvalue weighted by Crippen LogP contribution is -2.02. The molecule has 0 aliphatic rings. The van der Waals surface area contributed by atoms with Gasteiger partial charge in [-0.25, -0.2) is 9.37 Å². The fraction of sp³-hybridized carbons (Fsp3) is 0.182. The average molecular weight is 206 g/mol. The second kappa shape index (κ2) is 4.13. The molecule has 2 rings (SSSR count). The third-order valence-corrected chi connectivity index (χ3v) is 2.16. The summed E-state index contributed by atoms with van der Waals surface area (Å²) in [4.78, 5) is 3.83. The van der Waals surface area contributed by atoms with Crippen molar-refractivity contribution in [1.29, 1.82) is 0 Å². The van der Waals surface area contributed by atoms with Crippen LogP contribution in [0.5, 0.6) is 5.75 Å². The minimum absolute atomic E-state index is 0.0841. The zero-order valence-corrected chi connectivity index (χ0v) is 8.05. The third kappa shape index (κ3) is 2.34. The number of aromatic hydroxyl groups is 1. The van der Waals surface area contributed by atoms with Gasteiger partial charge in [-0.2, -0.15) is 0 Å². The molecule has 1 atom stereocenters. The molecule has 4 heteroatoms. The standard InChI is InChI=1S/C11H11FN2O/c12-11(7-14-5-4-13-8-14)9-2-1-3-10(15)6-9/h1-6,8,11,15H,7H2. The van der Waals surface area contributed by atoms with Gasteiger partial charge in [-0.1, -0.05) is 12.1 Å². The van der Waals surface area contributed by atoms with Gasteiger partial charge in [-0.15, -0.1) is 0 Å². The SMILES string of the molecule is Oc1cccc(C(F)Cn2ccnc2)c1. The van der Waals surface area contributed by atoms with E-state index in [9.17, 15) is 9.50 Å². The first kappa shape index (κ1) is 9.71. The minimum Gasteiger partial charge on any atom is -0.508 e. The quantitative estimate of drug-likeness (QED) is 0.836. The molecule has 2 aromatic rings. The molecule has 0 aliphatic carbocycles. The zero-order valence-electron chi connectivity index (χ0n) is 8.05. The fourth-order valence-electron chi connectivity index (χ4n) is 1.40. The molecule has 1 N–H and O–H groups in total. The van der Waals surface area contributed by atoms with E-state index in [0.29, 0.717) is 5.56 Å². The lowest BCUT2D eigenvalue weighted by molar-refractivity contribution is 0.302. The number of aromatic nitrogens is 2. The van der Waals surface area contributed by atoms with Crippen LogP contribution in [0.3, 0.4) is 0 Å². The van der Waals surface area contributed by atoms with Crippen LogP contribution < -0.4 is 0 Å². The Kier molecular flexibility index (Phi) is 2.67. The van der Waals surface area contributed by atoms with Crippen LogP contribution in [0, 0.1) is 0 Å². The smallest absolute Gasteiger partial charge is 0.143 e. The molecule has 0 radical (unpaired) electrons. The van der Waals surface area contributed by atoms with Gasteiger partial charge >= 0.3 is 0 Å². The highest BCUT2D eigenvalue weighted by Crippen LogP contribution is 2.22. The van der Waals surface area contributed by atoms with E-state index in [0.717, 1.165) is 0 Å². The lowest BCUT2D eigenvalue weighted by atomic mass is 10.1. The zero-order chi connectivity index (χ0) is 10.7. The monoisotopic (exact) mass is 206 g/mol. The van der Waals surface area contributed by atoms with Gasteiger partial charge in [-0.3, -0.25) is 0 Å². The number of benzene rings is 1. The molecule has 0 spiro atoms. The number of phenols is 1. The van der Waals surface area contributed by atoms with Crippen LogP contribution >= 0.6 is 0 Å². The second-order valence-electron chi connectivity index (χ2n) is 3.32. The van der Waals surface area contributed by atoms with Gasteiger partial charge in [0.1, 0.15) is 11.9 Å². The summed E-state index contributed by atoms with van der Waals surface area (Å²) in [7, 11) is 0. The highest BCUT2D eigenvalue weighted by molar-refractivity contribution is 5.28. The summed E-state index contributed by atoms with van der Waals surface area (Å²) in [6.07, 6.45) is 3.74. The number of alkyl halides is 1. The van der Waals surface area contributed by atoms with Crippen molar-refractivity contribution in [3.8, 4) is 5.75 Å². The lowest BCUT2D eigenvalue weighted by Gasteiger charge is -2.09. The molecule has 0 aliphatic heterocycles. The summed E-state index contributed by atoms with van der Waals surface area (Å²) in [5, 5.41) is 9.20.